The summed E-state index contributed by atoms with van der Waals surface area (Å²) in [5.41, 5.74) is 0.157. The average Bonchev–Trinajstić information content (AvgIpc) is 3.28. The lowest BCUT2D eigenvalue weighted by atomic mass is 9.85. The Labute approximate surface area is 125 Å². The van der Waals surface area contributed by atoms with Gasteiger partial charge >= 0.3 is 0 Å². The molecule has 0 aliphatic heterocycles. The number of benzene rings is 1. The Hall–Kier alpha value is -1.13. The molecule has 0 spiro atoms. The molecule has 3 nitrogen and oxygen atoms in total. The van der Waals surface area contributed by atoms with Crippen LogP contribution in [0, 0.1) is 5.82 Å². The van der Waals surface area contributed by atoms with E-state index in [1.165, 1.54) is 31.4 Å². The highest BCUT2D eigenvalue weighted by Crippen LogP contribution is 2.29. The van der Waals surface area contributed by atoms with Gasteiger partial charge in [-0.05, 0) is 43.4 Å². The summed E-state index contributed by atoms with van der Waals surface area (Å²) in [5.74, 6) is 0.234. The summed E-state index contributed by atoms with van der Waals surface area (Å²) >= 11 is 0. The topological polar surface area (TPSA) is 41.5 Å². The van der Waals surface area contributed by atoms with Crippen molar-refractivity contribution < 1.29 is 14.2 Å². The highest BCUT2D eigenvalue weighted by molar-refractivity contribution is 5.29. The molecule has 2 saturated carbocycles. The van der Waals surface area contributed by atoms with Gasteiger partial charge in [-0.1, -0.05) is 19.3 Å². The van der Waals surface area contributed by atoms with Crippen LogP contribution in [0.25, 0.3) is 0 Å². The fraction of sp³-hybridized carbons (Fsp3) is 0.647. The van der Waals surface area contributed by atoms with Crippen molar-refractivity contribution in [2.75, 3.05) is 6.61 Å². The largest absolute Gasteiger partial charge is 0.490 e. The minimum Gasteiger partial charge on any atom is -0.490 e. The molecular formula is C17H24FNO2. The molecule has 2 N–H and O–H groups in total. The van der Waals surface area contributed by atoms with Gasteiger partial charge in [-0.15, -0.1) is 0 Å². The maximum atomic E-state index is 13.7. The molecule has 2 aliphatic rings. The highest BCUT2D eigenvalue weighted by atomic mass is 19.1. The third kappa shape index (κ3) is 4.42. The van der Waals surface area contributed by atoms with E-state index in [0.29, 0.717) is 18.3 Å². The summed E-state index contributed by atoms with van der Waals surface area (Å²) in [6.45, 7) is 0.926. The number of ether oxygens (including phenoxy) is 1. The van der Waals surface area contributed by atoms with Crippen molar-refractivity contribution in [2.45, 2.75) is 63.1 Å². The second-order valence-corrected chi connectivity index (χ2v) is 6.52. The van der Waals surface area contributed by atoms with Gasteiger partial charge in [0.15, 0.2) is 0 Å². The smallest absolute Gasteiger partial charge is 0.127 e. The van der Waals surface area contributed by atoms with Crippen molar-refractivity contribution >= 4 is 0 Å². The van der Waals surface area contributed by atoms with E-state index in [2.05, 4.69) is 5.32 Å². The Morgan fingerprint density at radius 2 is 1.95 bits per heavy atom. The van der Waals surface area contributed by atoms with Crippen LogP contribution >= 0.6 is 0 Å². The number of hydrogen-bond donors (Lipinski definition) is 2. The maximum absolute atomic E-state index is 13.7. The summed E-state index contributed by atoms with van der Waals surface area (Å²) in [6, 6.07) is 5.40. The lowest BCUT2D eigenvalue weighted by molar-refractivity contribution is -0.0339. The van der Waals surface area contributed by atoms with Crippen LogP contribution in [0.5, 0.6) is 5.75 Å². The van der Waals surface area contributed by atoms with Gasteiger partial charge in [-0.3, -0.25) is 0 Å². The minimum absolute atomic E-state index is 0.256. The van der Waals surface area contributed by atoms with Crippen LogP contribution < -0.4 is 10.1 Å². The lowest BCUT2D eigenvalue weighted by Crippen LogP contribution is -2.37. The van der Waals surface area contributed by atoms with E-state index in [9.17, 15) is 9.50 Å². The first-order valence-electron chi connectivity index (χ1n) is 8.01. The second-order valence-electron chi connectivity index (χ2n) is 6.52. The number of nitrogens with one attached hydrogen (secondary N) is 1. The third-order valence-corrected chi connectivity index (χ3v) is 4.40. The molecule has 0 unspecified atom stereocenters. The van der Waals surface area contributed by atoms with Gasteiger partial charge < -0.3 is 15.2 Å². The molecule has 0 atom stereocenters. The van der Waals surface area contributed by atoms with Gasteiger partial charge in [0.2, 0.25) is 0 Å². The quantitative estimate of drug-likeness (QED) is 0.846. The summed E-state index contributed by atoms with van der Waals surface area (Å²) < 4.78 is 19.3. The van der Waals surface area contributed by atoms with Crippen LogP contribution in [-0.4, -0.2) is 23.4 Å². The normalized spacial score (nSPS) is 21.2. The fourth-order valence-corrected chi connectivity index (χ4v) is 2.93. The first-order valence-corrected chi connectivity index (χ1v) is 8.01. The zero-order valence-electron chi connectivity index (χ0n) is 12.4. The molecular weight excluding hydrogens is 269 g/mol. The summed E-state index contributed by atoms with van der Waals surface area (Å²) in [5, 5.41) is 13.8. The van der Waals surface area contributed by atoms with Gasteiger partial charge in [0.25, 0.3) is 0 Å². The van der Waals surface area contributed by atoms with E-state index < -0.39 is 5.60 Å². The Kier molecular flexibility index (Phi) is 4.45. The molecule has 0 bridgehead atoms. The Morgan fingerprint density at radius 3 is 2.67 bits per heavy atom. The lowest BCUT2D eigenvalue weighted by Gasteiger charge is -2.31. The molecule has 1 aromatic rings. The van der Waals surface area contributed by atoms with Gasteiger partial charge in [0.05, 0.1) is 5.60 Å². The van der Waals surface area contributed by atoms with Crippen molar-refractivity contribution in [1.82, 2.24) is 5.32 Å². The van der Waals surface area contributed by atoms with Gasteiger partial charge in [0, 0.05) is 18.7 Å². The molecule has 3 rings (SSSR count). The monoisotopic (exact) mass is 293 g/mol. The summed E-state index contributed by atoms with van der Waals surface area (Å²) in [6.07, 6.45) is 7.24. The Bertz CT molecular complexity index is 482. The molecule has 116 valence electrons. The Morgan fingerprint density at radius 1 is 1.19 bits per heavy atom. The third-order valence-electron chi connectivity index (χ3n) is 4.40. The maximum Gasteiger partial charge on any atom is 0.127 e. The van der Waals surface area contributed by atoms with Crippen LogP contribution in [0.1, 0.15) is 50.5 Å². The second kappa shape index (κ2) is 6.32. The van der Waals surface area contributed by atoms with E-state index in [1.54, 1.807) is 0 Å². The number of aliphatic hydroxyl groups is 1. The summed E-state index contributed by atoms with van der Waals surface area (Å²) in [7, 11) is 0. The standard InChI is InChI=1S/C17H24FNO2/c18-14-8-13(11-19-15-4-5-15)9-16(10-14)21-12-17(20)6-2-1-3-7-17/h8-10,15,19-20H,1-7,11-12H2. The van der Waals surface area contributed by atoms with Gasteiger partial charge in [-0.2, -0.15) is 0 Å². The van der Waals surface area contributed by atoms with Crippen molar-refractivity contribution in [3.63, 3.8) is 0 Å². The Balaban J connectivity index is 1.58. The van der Waals surface area contributed by atoms with E-state index in [1.807, 2.05) is 6.07 Å². The number of rotatable bonds is 6. The molecule has 2 fully saturated rings. The van der Waals surface area contributed by atoms with Crippen LogP contribution in [0.4, 0.5) is 4.39 Å². The van der Waals surface area contributed by atoms with Crippen LogP contribution in [0.2, 0.25) is 0 Å². The SMILES string of the molecule is OC1(COc2cc(F)cc(CNC3CC3)c2)CCCCC1. The zero-order valence-corrected chi connectivity index (χ0v) is 12.4. The summed E-state index contributed by atoms with van der Waals surface area (Å²) in [4.78, 5) is 0. The first-order chi connectivity index (χ1) is 10.1. The van der Waals surface area contributed by atoms with E-state index in [4.69, 9.17) is 4.74 Å². The number of halogens is 1. The van der Waals surface area contributed by atoms with Gasteiger partial charge in [-0.25, -0.2) is 4.39 Å². The first kappa shape index (κ1) is 14.8. The van der Waals surface area contributed by atoms with Crippen LogP contribution in [-0.2, 0) is 6.54 Å². The molecule has 0 saturated heterocycles. The van der Waals surface area contributed by atoms with Crippen molar-refractivity contribution in [1.29, 1.82) is 0 Å². The molecule has 0 heterocycles. The molecule has 0 aromatic heterocycles. The average molecular weight is 293 g/mol. The van der Waals surface area contributed by atoms with Gasteiger partial charge in [0.1, 0.15) is 18.2 Å². The predicted octanol–water partition coefficient (Wildman–Crippen LogP) is 3.15. The van der Waals surface area contributed by atoms with Crippen LogP contribution in [0.3, 0.4) is 0 Å². The molecule has 4 heteroatoms. The molecule has 2 aliphatic carbocycles. The fourth-order valence-electron chi connectivity index (χ4n) is 2.93. The molecule has 21 heavy (non-hydrogen) atoms. The molecule has 1 aromatic carbocycles. The van der Waals surface area contributed by atoms with E-state index in [-0.39, 0.29) is 12.4 Å². The minimum atomic E-state index is -0.739. The number of hydrogen-bond acceptors (Lipinski definition) is 3. The zero-order chi connectivity index (χ0) is 14.7. The van der Waals surface area contributed by atoms with E-state index >= 15 is 0 Å². The molecule has 0 amide bonds. The highest BCUT2D eigenvalue weighted by Gasteiger charge is 2.30. The van der Waals surface area contributed by atoms with Crippen LogP contribution in [0.15, 0.2) is 18.2 Å². The molecule has 0 radical (unpaired) electrons. The van der Waals surface area contributed by atoms with E-state index in [0.717, 1.165) is 31.2 Å². The van der Waals surface area contributed by atoms with Crippen molar-refractivity contribution in [3.05, 3.63) is 29.6 Å². The van der Waals surface area contributed by atoms with Crippen molar-refractivity contribution in [3.8, 4) is 5.75 Å². The van der Waals surface area contributed by atoms with Crippen molar-refractivity contribution in [2.24, 2.45) is 0 Å². The predicted molar refractivity (Wildman–Crippen MR) is 79.8 cm³/mol.